The molecule has 1 aliphatic rings. The molecule has 2 atom stereocenters. The van der Waals surface area contributed by atoms with Gasteiger partial charge in [0.25, 0.3) is 22.2 Å². The Morgan fingerprint density at radius 3 is 1.11 bits per heavy atom. The first-order valence-corrected chi connectivity index (χ1v) is 46.9. The standard InChI is InChI=1S/C28H26N6O3.C27H29N5O4.C26H29N5O4.C25H28N6O3/c1-4-37-28(36)33-27-31-24-15-21(14-22(26(24)32-27)23-7-5-6-10-30-23)20-13-17(2)34(25(35)16-20)18(3)19-8-11-29-12-9-19;1-3-36-27(34)31-26-29-23-14-20(13-21(25(23)30-26)22-6-4-5-9-28-22)19-12-17(2)32(24(33)15-19)16-18-7-10-35-11-8-18;1-5-34-26(33)30-25-28-22-14-19(13-20(24(22)29-25)21-8-6-7-9-27-21)18-12-17(4)31(23(32)15-18)10-11-35-16(2)3;1-5-26-25(33)30-24-28-21-12-18(11-19(23(21)29-24)20-8-6-7-9-27-20)17-10-15(2)31(22(32)13-17)16(3)14-34-4/h5-16,18H,4H2,1-3H3,(H2,31,32,33,36);4-6,9,12-15,18H,3,7-8,10-11,16H2,1-2H3,(H2,29,30,31,34);6-9,12-16H,5,10-11H2,1-4H3,(H2,28,29,30,33);6-13,16H,5,14H2,1-4H3,(H3,26,28,29,30,33). The van der Waals surface area contributed by atoms with Crippen molar-refractivity contribution >= 4 is 92.2 Å². The molecule has 18 rings (SSSR count). The summed E-state index contributed by atoms with van der Waals surface area (Å²) < 4.78 is 38.3. The van der Waals surface area contributed by atoms with Crippen molar-refractivity contribution < 1.29 is 47.6 Å². The van der Waals surface area contributed by atoms with E-state index < -0.39 is 18.3 Å². The highest BCUT2D eigenvalue weighted by atomic mass is 16.6. The van der Waals surface area contributed by atoms with Gasteiger partial charge in [-0.3, -0.25) is 65.4 Å². The Morgan fingerprint density at radius 2 is 0.775 bits per heavy atom. The van der Waals surface area contributed by atoms with E-state index >= 15 is 0 Å². The van der Waals surface area contributed by atoms with E-state index in [9.17, 15) is 38.4 Å². The molecular weight excluding hydrogens is 1810 g/mol. The molecule has 0 radical (unpaired) electrons. The van der Waals surface area contributed by atoms with Gasteiger partial charge in [-0.2, -0.15) is 0 Å². The lowest BCUT2D eigenvalue weighted by molar-refractivity contribution is 0.0607. The first kappa shape index (κ1) is 99.7. The fourth-order valence-corrected chi connectivity index (χ4v) is 17.2. The zero-order valence-electron chi connectivity index (χ0n) is 81.1. The van der Waals surface area contributed by atoms with Crippen LogP contribution in [0.3, 0.4) is 0 Å². The number of nitrogens with one attached hydrogen (secondary N) is 9. The molecule has 0 aliphatic carbocycles. The van der Waals surface area contributed by atoms with Gasteiger partial charge in [-0.15, -0.1) is 0 Å². The normalized spacial score (nSPS) is 12.3. The molecule has 730 valence electrons. The molecule has 0 saturated carbocycles. The van der Waals surface area contributed by atoms with Gasteiger partial charge in [-0.05, 0) is 285 Å². The van der Waals surface area contributed by atoms with E-state index in [1.165, 1.54) is 0 Å². The van der Waals surface area contributed by atoms with E-state index in [2.05, 4.69) is 91.4 Å². The van der Waals surface area contributed by atoms with Crippen LogP contribution in [0, 0.1) is 33.6 Å². The first-order valence-electron chi connectivity index (χ1n) is 46.9. The van der Waals surface area contributed by atoms with Crippen molar-refractivity contribution in [1.82, 2.24) is 88.4 Å². The second kappa shape index (κ2) is 46.2. The van der Waals surface area contributed by atoms with Crippen molar-refractivity contribution in [3.8, 4) is 89.5 Å². The lowest BCUT2D eigenvalue weighted by Gasteiger charge is -2.24. The molecule has 1 fully saturated rings. The minimum absolute atomic E-state index is 0.0229. The topological polar surface area (TPSA) is 451 Å². The third-order valence-corrected chi connectivity index (χ3v) is 23.7. The molecule has 9 N–H and O–H groups in total. The molecule has 36 nitrogen and oxygen atoms in total. The van der Waals surface area contributed by atoms with Crippen LogP contribution < -0.4 is 48.8 Å². The number of aromatic amines is 4. The smallest absolute Gasteiger partial charge is 0.413 e. The Labute approximate surface area is 816 Å². The maximum Gasteiger partial charge on any atom is 0.413 e. The van der Waals surface area contributed by atoms with Crippen LogP contribution in [0.15, 0.2) is 238 Å². The molecule has 13 aromatic heterocycles. The highest BCUT2D eigenvalue weighted by Gasteiger charge is 2.25. The molecule has 5 amide bonds. The van der Waals surface area contributed by atoms with Gasteiger partial charge in [-0.1, -0.05) is 24.3 Å². The molecule has 142 heavy (non-hydrogen) atoms. The minimum atomic E-state index is -0.594. The van der Waals surface area contributed by atoms with Crippen LogP contribution in [-0.2, 0) is 41.5 Å². The number of aryl methyl sites for hydroxylation is 4. The average molecular weight is 1920 g/mol. The van der Waals surface area contributed by atoms with Crippen LogP contribution >= 0.6 is 0 Å². The molecule has 17 aromatic rings. The van der Waals surface area contributed by atoms with E-state index in [0.717, 1.165) is 149 Å². The molecule has 0 bridgehead atoms. The van der Waals surface area contributed by atoms with Crippen molar-refractivity contribution in [2.24, 2.45) is 5.92 Å². The summed E-state index contributed by atoms with van der Waals surface area (Å²) in [6, 6.07) is 56.0. The molecule has 36 heteroatoms. The van der Waals surface area contributed by atoms with Gasteiger partial charge >= 0.3 is 24.3 Å². The number of nitrogens with zero attached hydrogens (tertiary/aromatic N) is 13. The van der Waals surface area contributed by atoms with Crippen molar-refractivity contribution in [2.75, 3.05) is 81.2 Å². The number of aromatic nitrogens is 17. The highest BCUT2D eigenvalue weighted by molar-refractivity contribution is 6.02. The van der Waals surface area contributed by atoms with Crippen LogP contribution in [0.1, 0.15) is 109 Å². The Bertz CT molecular complexity index is 7620. The zero-order chi connectivity index (χ0) is 100. The third-order valence-electron chi connectivity index (χ3n) is 23.7. The monoisotopic (exact) mass is 1920 g/mol. The van der Waals surface area contributed by atoms with E-state index in [4.69, 9.17) is 28.4 Å². The summed E-state index contributed by atoms with van der Waals surface area (Å²) in [5.41, 5.74) is 22.1. The van der Waals surface area contributed by atoms with Gasteiger partial charge in [-0.25, -0.2) is 39.1 Å². The van der Waals surface area contributed by atoms with Crippen molar-refractivity contribution in [3.05, 3.63) is 289 Å². The number of hydrogen-bond acceptors (Lipinski definition) is 23. The fraction of sp³-hybridized carbons (Fsp3) is 0.274. The largest absolute Gasteiger partial charge is 0.450 e. The minimum Gasteiger partial charge on any atom is -0.450 e. The predicted molar refractivity (Wildman–Crippen MR) is 549 cm³/mol. The summed E-state index contributed by atoms with van der Waals surface area (Å²) in [6.07, 6.45) is 10.6. The number of carbonyl (C=O) groups is 4. The maximum absolute atomic E-state index is 13.3. The number of fused-ring (bicyclic) bond motifs is 4. The van der Waals surface area contributed by atoms with Gasteiger partial charge < -0.3 is 71.9 Å². The second-order valence-electron chi connectivity index (χ2n) is 34.0. The van der Waals surface area contributed by atoms with E-state index in [0.29, 0.717) is 83.3 Å². The van der Waals surface area contributed by atoms with E-state index in [1.54, 1.807) is 103 Å². The van der Waals surface area contributed by atoms with Gasteiger partial charge in [0, 0.05) is 146 Å². The zero-order valence-corrected chi connectivity index (χ0v) is 81.1. The van der Waals surface area contributed by atoms with E-state index in [-0.39, 0.29) is 84.1 Å². The van der Waals surface area contributed by atoms with Crippen LogP contribution in [0.5, 0.6) is 0 Å². The summed E-state index contributed by atoms with van der Waals surface area (Å²) in [7, 11) is 1.62. The van der Waals surface area contributed by atoms with Crippen LogP contribution in [0.2, 0.25) is 0 Å². The van der Waals surface area contributed by atoms with Crippen LogP contribution in [-0.4, -0.2) is 173 Å². The molecule has 2 unspecified atom stereocenters. The number of pyridine rings is 9. The molecular formula is C106H112N22O14. The SMILES string of the molecule is CCNC(=O)Nc1nc2c(-c3ccccn3)cc(-c3cc(C)n(C(C)COC)c(=O)c3)cc2[nH]1.CCOC(=O)Nc1nc2c(-c3ccccn3)cc(-c3cc(C)n(C(C)c4ccncc4)c(=O)c3)cc2[nH]1.CCOC(=O)Nc1nc2c(-c3ccccn3)cc(-c3cc(C)n(CC4CCOCC4)c(=O)c3)cc2[nH]1.CCOC(=O)Nc1nc2c(-c3ccccn3)cc(-c3cc(C)n(CCOC(C)C)c(=O)c3)cc2[nH]1. The van der Waals surface area contributed by atoms with Crippen LogP contribution in [0.4, 0.5) is 43.0 Å². The number of hydrogen-bond donors (Lipinski definition) is 9. The van der Waals surface area contributed by atoms with Crippen LogP contribution in [0.25, 0.3) is 134 Å². The van der Waals surface area contributed by atoms with Gasteiger partial charge in [0.15, 0.2) is 0 Å². The molecule has 1 aliphatic heterocycles. The number of rotatable bonds is 27. The Balaban J connectivity index is 0.000000143. The van der Waals surface area contributed by atoms with E-state index in [1.807, 2.05) is 225 Å². The summed E-state index contributed by atoms with van der Waals surface area (Å²) in [5.74, 6) is 1.59. The number of anilines is 4. The molecule has 0 spiro atoms. The lowest BCUT2D eigenvalue weighted by atomic mass is 9.98. The molecule has 14 heterocycles. The number of imidazole rings is 4. The average Bonchev–Trinajstić information content (AvgIpc) is 1.58. The van der Waals surface area contributed by atoms with Gasteiger partial charge in [0.1, 0.15) is 0 Å². The number of carbonyl (C=O) groups excluding carboxylic acids is 4. The lowest BCUT2D eigenvalue weighted by Crippen LogP contribution is -2.28. The third kappa shape index (κ3) is 24.1. The number of benzene rings is 4. The summed E-state index contributed by atoms with van der Waals surface area (Å²) in [5, 5.41) is 13.3. The summed E-state index contributed by atoms with van der Waals surface area (Å²) >= 11 is 0. The summed E-state index contributed by atoms with van der Waals surface area (Å²) in [6.45, 7) is 27.6. The van der Waals surface area contributed by atoms with Gasteiger partial charge in [0.2, 0.25) is 23.8 Å². The Hall–Kier alpha value is -16.7. The molecule has 1 saturated heterocycles. The number of urea groups is 1. The quantitative estimate of drug-likeness (QED) is 0.0216. The Morgan fingerprint density at radius 1 is 0.423 bits per heavy atom. The van der Waals surface area contributed by atoms with Crippen molar-refractivity contribution in [3.63, 3.8) is 0 Å². The summed E-state index contributed by atoms with van der Waals surface area (Å²) in [4.78, 5) is 153. The van der Waals surface area contributed by atoms with Crippen molar-refractivity contribution in [2.45, 2.75) is 127 Å². The first-order chi connectivity index (χ1) is 68.7. The van der Waals surface area contributed by atoms with Gasteiger partial charge in [0.05, 0.1) is 118 Å². The number of H-pyrrole nitrogens is 4. The number of amides is 5. The molecule has 4 aromatic carbocycles. The highest BCUT2D eigenvalue weighted by Crippen LogP contribution is 2.39. The number of ether oxygens (including phenoxy) is 6. The predicted octanol–water partition coefficient (Wildman–Crippen LogP) is 19.0. The fourth-order valence-electron chi connectivity index (χ4n) is 17.2. The second-order valence-corrected chi connectivity index (χ2v) is 34.0. The van der Waals surface area contributed by atoms with Crippen molar-refractivity contribution in [1.29, 1.82) is 0 Å². The number of methoxy groups -OCH3 is 1. The Kier molecular flexibility index (Phi) is 32.4. The maximum atomic E-state index is 13.3.